The van der Waals surface area contributed by atoms with Gasteiger partial charge in [0.15, 0.2) is 0 Å². The van der Waals surface area contributed by atoms with Crippen LogP contribution in [-0.4, -0.2) is 11.2 Å². The van der Waals surface area contributed by atoms with E-state index in [0.717, 1.165) is 36.8 Å². The van der Waals surface area contributed by atoms with Crippen LogP contribution < -0.4 is 0 Å². The number of aliphatic hydroxyl groups excluding tert-OH is 1. The summed E-state index contributed by atoms with van der Waals surface area (Å²) in [6.07, 6.45) is 4.47. The first-order valence-electron chi connectivity index (χ1n) is 6.11. The van der Waals surface area contributed by atoms with Gasteiger partial charge < -0.3 is 5.11 Å². The van der Waals surface area contributed by atoms with E-state index in [1.807, 2.05) is 13.0 Å². The van der Waals surface area contributed by atoms with E-state index in [1.165, 1.54) is 0 Å². The van der Waals surface area contributed by atoms with Gasteiger partial charge in [-0.1, -0.05) is 30.5 Å². The van der Waals surface area contributed by atoms with E-state index in [1.54, 1.807) is 12.1 Å². The highest BCUT2D eigenvalue weighted by Gasteiger charge is 2.22. The molecule has 2 atom stereocenters. The van der Waals surface area contributed by atoms with Crippen LogP contribution in [0.3, 0.4) is 0 Å². The molecule has 2 unspecified atom stereocenters. The molecule has 0 spiro atoms. The van der Waals surface area contributed by atoms with Crippen molar-refractivity contribution in [3.8, 4) is 0 Å². The average Bonchev–Trinajstić information content (AvgIpc) is 2.46. The van der Waals surface area contributed by atoms with E-state index in [9.17, 15) is 9.50 Å². The largest absolute Gasteiger partial charge is 0.393 e. The first-order valence-corrected chi connectivity index (χ1v) is 6.11. The Balaban J connectivity index is 2.24. The van der Waals surface area contributed by atoms with E-state index in [0.29, 0.717) is 6.42 Å². The summed E-state index contributed by atoms with van der Waals surface area (Å²) in [5.74, 6) is 0.0714. The maximum atomic E-state index is 13.7. The topological polar surface area (TPSA) is 20.2 Å². The summed E-state index contributed by atoms with van der Waals surface area (Å²) < 4.78 is 13.7. The van der Waals surface area contributed by atoms with Crippen LogP contribution in [0.25, 0.3) is 0 Å². The monoisotopic (exact) mass is 222 g/mol. The lowest BCUT2D eigenvalue weighted by atomic mass is 9.90. The molecular weight excluding hydrogens is 203 g/mol. The lowest BCUT2D eigenvalue weighted by Crippen LogP contribution is -2.10. The molecule has 1 aromatic rings. The van der Waals surface area contributed by atoms with Gasteiger partial charge in [0.1, 0.15) is 5.82 Å². The van der Waals surface area contributed by atoms with Crippen molar-refractivity contribution < 1.29 is 9.50 Å². The summed E-state index contributed by atoms with van der Waals surface area (Å²) in [5.41, 5.74) is 1.89. The highest BCUT2D eigenvalue weighted by molar-refractivity contribution is 5.27. The van der Waals surface area contributed by atoms with Crippen LogP contribution in [0, 0.1) is 12.7 Å². The zero-order valence-electron chi connectivity index (χ0n) is 9.75. The standard InChI is InChI=1S/C14H19FO/c1-10-6-7-14(15)13(8-10)11-4-2-3-5-12(16)9-11/h6-8,11-12,16H,2-5,9H2,1H3. The predicted octanol–water partition coefficient (Wildman–Crippen LogP) is 3.54. The third-order valence-electron chi connectivity index (χ3n) is 3.49. The summed E-state index contributed by atoms with van der Waals surface area (Å²) in [4.78, 5) is 0. The van der Waals surface area contributed by atoms with Gasteiger partial charge in [-0.2, -0.15) is 0 Å². The number of rotatable bonds is 1. The Morgan fingerprint density at radius 2 is 2.00 bits per heavy atom. The van der Waals surface area contributed by atoms with Crippen LogP contribution in [0.5, 0.6) is 0 Å². The van der Waals surface area contributed by atoms with Crippen LogP contribution >= 0.6 is 0 Å². The van der Waals surface area contributed by atoms with Gasteiger partial charge >= 0.3 is 0 Å². The third kappa shape index (κ3) is 2.62. The smallest absolute Gasteiger partial charge is 0.126 e. The van der Waals surface area contributed by atoms with Gasteiger partial charge in [0.25, 0.3) is 0 Å². The molecule has 0 aliphatic heterocycles. The van der Waals surface area contributed by atoms with Crippen LogP contribution in [0.1, 0.15) is 49.1 Å². The molecule has 2 rings (SSSR count). The number of aryl methyl sites for hydroxylation is 1. The molecule has 1 fully saturated rings. The SMILES string of the molecule is Cc1ccc(F)c(C2CCCCC(O)C2)c1. The number of benzene rings is 1. The lowest BCUT2D eigenvalue weighted by Gasteiger charge is -2.18. The highest BCUT2D eigenvalue weighted by Crippen LogP contribution is 2.33. The van der Waals surface area contributed by atoms with Gasteiger partial charge in [-0.3, -0.25) is 0 Å². The van der Waals surface area contributed by atoms with Crippen LogP contribution in [0.15, 0.2) is 18.2 Å². The van der Waals surface area contributed by atoms with Crippen LogP contribution in [0.4, 0.5) is 4.39 Å². The lowest BCUT2D eigenvalue weighted by molar-refractivity contribution is 0.151. The van der Waals surface area contributed by atoms with Gasteiger partial charge in [0.05, 0.1) is 6.10 Å². The molecule has 0 saturated heterocycles. The van der Waals surface area contributed by atoms with E-state index in [2.05, 4.69) is 0 Å². The third-order valence-corrected chi connectivity index (χ3v) is 3.49. The minimum absolute atomic E-state index is 0.121. The van der Waals surface area contributed by atoms with Gasteiger partial charge in [-0.25, -0.2) is 4.39 Å². The first-order chi connectivity index (χ1) is 7.66. The molecule has 1 aliphatic rings. The van der Waals surface area contributed by atoms with Crippen molar-refractivity contribution in [2.75, 3.05) is 0 Å². The maximum absolute atomic E-state index is 13.7. The van der Waals surface area contributed by atoms with Gasteiger partial charge in [-0.15, -0.1) is 0 Å². The van der Waals surface area contributed by atoms with Crippen molar-refractivity contribution in [2.45, 2.75) is 51.0 Å². The summed E-state index contributed by atoms with van der Waals surface area (Å²) in [5, 5.41) is 9.76. The van der Waals surface area contributed by atoms with E-state index in [-0.39, 0.29) is 17.8 Å². The summed E-state index contributed by atoms with van der Waals surface area (Å²) >= 11 is 0. The fourth-order valence-electron chi connectivity index (χ4n) is 2.59. The highest BCUT2D eigenvalue weighted by atomic mass is 19.1. The zero-order chi connectivity index (χ0) is 11.5. The molecule has 0 heterocycles. The first kappa shape index (κ1) is 11.6. The molecule has 1 aliphatic carbocycles. The normalized spacial score (nSPS) is 26.4. The fourth-order valence-corrected chi connectivity index (χ4v) is 2.59. The predicted molar refractivity (Wildman–Crippen MR) is 63.0 cm³/mol. The Bertz CT molecular complexity index is 362. The molecule has 0 aromatic heterocycles. The number of aliphatic hydroxyl groups is 1. The molecule has 0 amide bonds. The average molecular weight is 222 g/mol. The quantitative estimate of drug-likeness (QED) is 0.720. The van der Waals surface area contributed by atoms with E-state index < -0.39 is 0 Å². The van der Waals surface area contributed by atoms with Crippen molar-refractivity contribution in [1.29, 1.82) is 0 Å². The van der Waals surface area contributed by atoms with Crippen molar-refractivity contribution in [3.05, 3.63) is 35.1 Å². The minimum atomic E-state index is -0.257. The fraction of sp³-hybridized carbons (Fsp3) is 0.571. The molecule has 2 heteroatoms. The molecule has 1 aromatic carbocycles. The van der Waals surface area contributed by atoms with Crippen molar-refractivity contribution >= 4 is 0 Å². The van der Waals surface area contributed by atoms with E-state index in [4.69, 9.17) is 0 Å². The molecule has 16 heavy (non-hydrogen) atoms. The summed E-state index contributed by atoms with van der Waals surface area (Å²) in [7, 11) is 0. The molecule has 1 nitrogen and oxygen atoms in total. The summed E-state index contributed by atoms with van der Waals surface area (Å²) in [6, 6.07) is 5.27. The van der Waals surface area contributed by atoms with Gasteiger partial charge in [-0.05, 0) is 43.7 Å². The Hall–Kier alpha value is -0.890. The minimum Gasteiger partial charge on any atom is -0.393 e. The van der Waals surface area contributed by atoms with Crippen molar-refractivity contribution in [1.82, 2.24) is 0 Å². The molecule has 88 valence electrons. The second-order valence-corrected chi connectivity index (χ2v) is 4.90. The molecule has 0 bridgehead atoms. The summed E-state index contributed by atoms with van der Waals surface area (Å²) in [6.45, 7) is 1.98. The van der Waals surface area contributed by atoms with E-state index >= 15 is 0 Å². The zero-order valence-corrected chi connectivity index (χ0v) is 9.75. The van der Waals surface area contributed by atoms with Crippen molar-refractivity contribution in [2.24, 2.45) is 0 Å². The van der Waals surface area contributed by atoms with Crippen molar-refractivity contribution in [3.63, 3.8) is 0 Å². The Labute approximate surface area is 96.3 Å². The van der Waals surface area contributed by atoms with Crippen LogP contribution in [0.2, 0.25) is 0 Å². The Morgan fingerprint density at radius 3 is 2.81 bits per heavy atom. The maximum Gasteiger partial charge on any atom is 0.126 e. The molecule has 0 radical (unpaired) electrons. The molecular formula is C14H19FO. The second kappa shape index (κ2) is 4.96. The van der Waals surface area contributed by atoms with Gasteiger partial charge in [0.2, 0.25) is 0 Å². The number of halogens is 1. The molecule has 1 saturated carbocycles. The van der Waals surface area contributed by atoms with Gasteiger partial charge in [0, 0.05) is 0 Å². The van der Waals surface area contributed by atoms with Crippen LogP contribution in [-0.2, 0) is 0 Å². The number of hydrogen-bond acceptors (Lipinski definition) is 1. The number of hydrogen-bond donors (Lipinski definition) is 1. The second-order valence-electron chi connectivity index (χ2n) is 4.90. The Morgan fingerprint density at radius 1 is 1.25 bits per heavy atom. The Kier molecular flexibility index (Phi) is 3.59. The molecule has 1 N–H and O–H groups in total.